The van der Waals surface area contributed by atoms with Crippen molar-refractivity contribution in [1.29, 1.82) is 0 Å². The zero-order valence-corrected chi connectivity index (χ0v) is 15.0. The van der Waals surface area contributed by atoms with Crippen molar-refractivity contribution in [2.75, 3.05) is 26.7 Å². The maximum Gasteiger partial charge on any atom is 0.223 e. The second-order valence-electron chi connectivity index (χ2n) is 6.39. The summed E-state index contributed by atoms with van der Waals surface area (Å²) in [4.78, 5) is 26.3. The molecule has 1 aliphatic heterocycles. The molecule has 0 spiro atoms. The van der Waals surface area contributed by atoms with Crippen LogP contribution in [0.1, 0.15) is 37.7 Å². The lowest BCUT2D eigenvalue weighted by atomic mass is 10.0. The number of benzene rings is 1. The summed E-state index contributed by atoms with van der Waals surface area (Å²) in [6.07, 6.45) is 4.48. The monoisotopic (exact) mass is 347 g/mol. The van der Waals surface area contributed by atoms with Crippen LogP contribution >= 0.6 is 0 Å². The van der Waals surface area contributed by atoms with Gasteiger partial charge in [-0.1, -0.05) is 18.2 Å². The fraction of sp³-hybridized carbons (Fsp3) is 0.579. The van der Waals surface area contributed by atoms with Crippen molar-refractivity contribution in [3.8, 4) is 5.75 Å². The third-order valence-electron chi connectivity index (χ3n) is 4.65. The van der Waals surface area contributed by atoms with Gasteiger partial charge >= 0.3 is 0 Å². The number of likely N-dealkylation sites (tertiary alicyclic amines) is 1. The van der Waals surface area contributed by atoms with E-state index in [1.807, 2.05) is 29.2 Å². The summed E-state index contributed by atoms with van der Waals surface area (Å²) in [5, 5.41) is 2.90. The number of nitrogens with two attached hydrogens (primary N) is 1. The van der Waals surface area contributed by atoms with Crippen LogP contribution in [0.3, 0.4) is 0 Å². The van der Waals surface area contributed by atoms with Crippen molar-refractivity contribution in [3.63, 3.8) is 0 Å². The molecule has 1 unspecified atom stereocenters. The van der Waals surface area contributed by atoms with Gasteiger partial charge in [0, 0.05) is 38.5 Å². The number of methoxy groups -OCH3 is 1. The van der Waals surface area contributed by atoms with Crippen molar-refractivity contribution in [2.24, 2.45) is 5.73 Å². The van der Waals surface area contributed by atoms with Gasteiger partial charge in [-0.3, -0.25) is 9.59 Å². The number of amides is 2. The van der Waals surface area contributed by atoms with Gasteiger partial charge < -0.3 is 20.7 Å². The largest absolute Gasteiger partial charge is 0.496 e. The zero-order chi connectivity index (χ0) is 18.1. The highest BCUT2D eigenvalue weighted by Gasteiger charge is 2.26. The maximum absolute atomic E-state index is 12.7. The molecule has 138 valence electrons. The van der Waals surface area contributed by atoms with Crippen LogP contribution in [0.4, 0.5) is 0 Å². The van der Waals surface area contributed by atoms with E-state index in [0.29, 0.717) is 32.4 Å². The SMILES string of the molecule is COc1ccccc1CCC(=O)N1CCCCC1CNC(=O)CCN. The molecule has 1 aromatic carbocycles. The Bertz CT molecular complexity index is 577. The number of hydrogen-bond donors (Lipinski definition) is 2. The molecule has 6 heteroatoms. The smallest absolute Gasteiger partial charge is 0.223 e. The van der Waals surface area contributed by atoms with E-state index in [4.69, 9.17) is 10.5 Å². The fourth-order valence-corrected chi connectivity index (χ4v) is 3.29. The molecule has 2 rings (SSSR count). The molecule has 0 aliphatic carbocycles. The maximum atomic E-state index is 12.7. The summed E-state index contributed by atoms with van der Waals surface area (Å²) in [5.41, 5.74) is 6.44. The second kappa shape index (κ2) is 10.0. The number of carbonyl (C=O) groups is 2. The Morgan fingerprint density at radius 2 is 2.08 bits per heavy atom. The quantitative estimate of drug-likeness (QED) is 0.746. The van der Waals surface area contributed by atoms with E-state index >= 15 is 0 Å². The third-order valence-corrected chi connectivity index (χ3v) is 4.65. The molecule has 0 aromatic heterocycles. The van der Waals surface area contributed by atoms with Crippen LogP contribution in [-0.4, -0.2) is 49.5 Å². The molecular formula is C19H29N3O3. The van der Waals surface area contributed by atoms with E-state index in [9.17, 15) is 9.59 Å². The van der Waals surface area contributed by atoms with Crippen LogP contribution in [0.15, 0.2) is 24.3 Å². The summed E-state index contributed by atoms with van der Waals surface area (Å²) in [5.74, 6) is 0.915. The van der Waals surface area contributed by atoms with E-state index < -0.39 is 0 Å². The highest BCUT2D eigenvalue weighted by molar-refractivity contribution is 5.78. The first kappa shape index (κ1) is 19.2. The molecule has 6 nitrogen and oxygen atoms in total. The van der Waals surface area contributed by atoms with E-state index in [2.05, 4.69) is 5.32 Å². The Morgan fingerprint density at radius 1 is 1.28 bits per heavy atom. The molecule has 2 amide bonds. The minimum Gasteiger partial charge on any atom is -0.496 e. The number of rotatable bonds is 8. The lowest BCUT2D eigenvalue weighted by molar-refractivity contribution is -0.135. The standard InChI is InChI=1S/C19H29N3O3/c1-25-17-8-3-2-6-15(17)9-10-19(24)22-13-5-4-7-16(22)14-21-18(23)11-12-20/h2-3,6,8,16H,4-5,7,9-14,20H2,1H3,(H,21,23). The summed E-state index contributed by atoms with van der Waals surface area (Å²) in [6.45, 7) is 1.62. The fourth-order valence-electron chi connectivity index (χ4n) is 3.29. The van der Waals surface area contributed by atoms with Gasteiger partial charge in [0.05, 0.1) is 7.11 Å². The molecule has 3 N–H and O–H groups in total. The summed E-state index contributed by atoms with van der Waals surface area (Å²) in [7, 11) is 1.64. The van der Waals surface area contributed by atoms with Crippen molar-refractivity contribution in [1.82, 2.24) is 10.2 Å². The van der Waals surface area contributed by atoms with Crippen LogP contribution in [0.5, 0.6) is 5.75 Å². The molecule has 1 fully saturated rings. The minimum atomic E-state index is -0.0468. The topological polar surface area (TPSA) is 84.7 Å². The number of para-hydroxylation sites is 1. The normalized spacial score (nSPS) is 17.2. The Morgan fingerprint density at radius 3 is 2.84 bits per heavy atom. The molecule has 1 atom stereocenters. The van der Waals surface area contributed by atoms with Gasteiger partial charge in [-0.2, -0.15) is 0 Å². The number of aryl methyl sites for hydroxylation is 1. The first-order valence-corrected chi connectivity index (χ1v) is 9.03. The average molecular weight is 347 g/mol. The first-order chi connectivity index (χ1) is 12.2. The predicted molar refractivity (Wildman–Crippen MR) is 97.3 cm³/mol. The van der Waals surface area contributed by atoms with Crippen LogP contribution in [0, 0.1) is 0 Å². The molecule has 1 heterocycles. The third kappa shape index (κ3) is 5.74. The summed E-state index contributed by atoms with van der Waals surface area (Å²) in [6, 6.07) is 7.87. The van der Waals surface area contributed by atoms with Gasteiger partial charge in [-0.15, -0.1) is 0 Å². The van der Waals surface area contributed by atoms with Crippen LogP contribution in [0.2, 0.25) is 0 Å². The molecule has 0 saturated carbocycles. The van der Waals surface area contributed by atoms with Gasteiger partial charge in [0.2, 0.25) is 11.8 Å². The van der Waals surface area contributed by atoms with Crippen molar-refractivity contribution >= 4 is 11.8 Å². The molecule has 0 radical (unpaired) electrons. The Balaban J connectivity index is 1.90. The highest BCUT2D eigenvalue weighted by atomic mass is 16.5. The predicted octanol–water partition coefficient (Wildman–Crippen LogP) is 1.47. The zero-order valence-electron chi connectivity index (χ0n) is 15.0. The van der Waals surface area contributed by atoms with Crippen LogP contribution in [-0.2, 0) is 16.0 Å². The molecule has 0 bridgehead atoms. The number of ether oxygens (including phenoxy) is 1. The number of carbonyl (C=O) groups excluding carboxylic acids is 2. The van der Waals surface area contributed by atoms with E-state index in [-0.39, 0.29) is 17.9 Å². The number of piperidine rings is 1. The minimum absolute atomic E-state index is 0.0468. The first-order valence-electron chi connectivity index (χ1n) is 9.03. The van der Waals surface area contributed by atoms with Gasteiger partial charge in [0.1, 0.15) is 5.75 Å². The average Bonchev–Trinajstić information content (AvgIpc) is 2.65. The lowest BCUT2D eigenvalue weighted by Crippen LogP contribution is -2.49. The molecule has 25 heavy (non-hydrogen) atoms. The van der Waals surface area contributed by atoms with Crippen molar-refractivity contribution in [3.05, 3.63) is 29.8 Å². The van der Waals surface area contributed by atoms with Gasteiger partial charge in [-0.25, -0.2) is 0 Å². The van der Waals surface area contributed by atoms with E-state index in [1.165, 1.54) is 0 Å². The van der Waals surface area contributed by atoms with E-state index in [0.717, 1.165) is 37.1 Å². The molecule has 1 aromatic rings. The highest BCUT2D eigenvalue weighted by Crippen LogP contribution is 2.21. The van der Waals surface area contributed by atoms with Crippen LogP contribution in [0.25, 0.3) is 0 Å². The molecular weight excluding hydrogens is 318 g/mol. The lowest BCUT2D eigenvalue weighted by Gasteiger charge is -2.36. The number of nitrogens with one attached hydrogen (secondary N) is 1. The Kier molecular flexibility index (Phi) is 7.73. The Labute approximate surface area is 149 Å². The number of hydrogen-bond acceptors (Lipinski definition) is 4. The number of nitrogens with zero attached hydrogens (tertiary/aromatic N) is 1. The van der Waals surface area contributed by atoms with Gasteiger partial charge in [0.15, 0.2) is 0 Å². The Hall–Kier alpha value is -2.08. The van der Waals surface area contributed by atoms with Gasteiger partial charge in [-0.05, 0) is 37.3 Å². The molecule has 1 saturated heterocycles. The molecule has 1 aliphatic rings. The van der Waals surface area contributed by atoms with Crippen LogP contribution < -0.4 is 15.8 Å². The summed E-state index contributed by atoms with van der Waals surface area (Å²) < 4.78 is 5.35. The van der Waals surface area contributed by atoms with Crippen molar-refractivity contribution in [2.45, 2.75) is 44.6 Å². The summed E-state index contributed by atoms with van der Waals surface area (Å²) >= 11 is 0. The van der Waals surface area contributed by atoms with E-state index in [1.54, 1.807) is 7.11 Å². The van der Waals surface area contributed by atoms with Crippen molar-refractivity contribution < 1.29 is 14.3 Å². The van der Waals surface area contributed by atoms with Gasteiger partial charge in [0.25, 0.3) is 0 Å². The second-order valence-corrected chi connectivity index (χ2v) is 6.39.